The first kappa shape index (κ1) is 26.4. The lowest BCUT2D eigenvalue weighted by Gasteiger charge is -2.24. The first-order valence-electron chi connectivity index (χ1n) is 12.6. The van der Waals surface area contributed by atoms with Crippen LogP contribution >= 0.6 is 11.3 Å². The number of methoxy groups -OCH3 is 1. The first-order valence-corrected chi connectivity index (χ1v) is 13.4. The molecule has 39 heavy (non-hydrogen) atoms. The molecule has 1 aliphatic heterocycles. The molecule has 3 aromatic carbocycles. The normalized spacial score (nSPS) is 17.3. The number of Topliss-reactive ketones (excluding diaryl/α,β-unsaturated/α-hetero) is 1. The number of benzene rings is 3. The summed E-state index contributed by atoms with van der Waals surface area (Å²) in [6, 6.07) is 14.7. The van der Waals surface area contributed by atoms with Crippen molar-refractivity contribution in [2.45, 2.75) is 46.1 Å². The summed E-state index contributed by atoms with van der Waals surface area (Å²) in [6.45, 7) is 10.1. The van der Waals surface area contributed by atoms with E-state index in [1.54, 1.807) is 24.3 Å². The number of rotatable bonds is 4. The van der Waals surface area contributed by atoms with Crippen LogP contribution in [0.4, 0.5) is 5.13 Å². The summed E-state index contributed by atoms with van der Waals surface area (Å²) < 4.78 is 6.43. The second kappa shape index (κ2) is 9.54. The molecule has 1 unspecified atom stereocenters. The van der Waals surface area contributed by atoms with Gasteiger partial charge < -0.3 is 14.9 Å². The average Bonchev–Trinajstić information content (AvgIpc) is 3.40. The number of anilines is 1. The minimum atomic E-state index is -0.962. The standard InChI is InChI=1S/C31H30N2O5S/c1-16-13-22-24(14-17(16)2)39-30(32-22)33-26(18-7-10-20(34)11-8-18)25(28(36)29(33)37)27(35)21-15-19(31(3,4)5)9-12-23(21)38-6/h7-15,26,34-35H,1-6H3/b27-25+. The summed E-state index contributed by atoms with van der Waals surface area (Å²) in [4.78, 5) is 33.3. The lowest BCUT2D eigenvalue weighted by Crippen LogP contribution is -2.29. The number of ether oxygens (including phenoxy) is 1. The van der Waals surface area contributed by atoms with Gasteiger partial charge in [-0.2, -0.15) is 0 Å². The topological polar surface area (TPSA) is 100.0 Å². The number of carbonyl (C=O) groups excluding carboxylic acids is 2. The molecule has 0 spiro atoms. The lowest BCUT2D eigenvalue weighted by atomic mass is 9.85. The van der Waals surface area contributed by atoms with Crippen LogP contribution < -0.4 is 9.64 Å². The van der Waals surface area contributed by atoms with Crippen molar-refractivity contribution in [3.63, 3.8) is 0 Å². The van der Waals surface area contributed by atoms with E-state index in [0.29, 0.717) is 22.0 Å². The summed E-state index contributed by atoms with van der Waals surface area (Å²) in [5, 5.41) is 22.0. The molecule has 0 radical (unpaired) electrons. The molecule has 200 valence electrons. The summed E-state index contributed by atoms with van der Waals surface area (Å²) >= 11 is 1.31. The minimum Gasteiger partial charge on any atom is -0.508 e. The van der Waals surface area contributed by atoms with E-state index < -0.39 is 17.7 Å². The van der Waals surface area contributed by atoms with Crippen molar-refractivity contribution in [3.8, 4) is 11.5 Å². The van der Waals surface area contributed by atoms with E-state index in [1.807, 2.05) is 52.8 Å². The Kier molecular flexibility index (Phi) is 6.47. The summed E-state index contributed by atoms with van der Waals surface area (Å²) in [5.74, 6) is -1.51. The van der Waals surface area contributed by atoms with Crippen LogP contribution in [0.25, 0.3) is 16.0 Å². The van der Waals surface area contributed by atoms with E-state index in [4.69, 9.17) is 9.72 Å². The number of thiazole rings is 1. The molecule has 1 amide bonds. The minimum absolute atomic E-state index is 0.0428. The Labute approximate surface area is 231 Å². The van der Waals surface area contributed by atoms with Crippen LogP contribution in [-0.2, 0) is 15.0 Å². The number of aryl methyl sites for hydroxylation is 2. The predicted molar refractivity (Wildman–Crippen MR) is 154 cm³/mol. The third-order valence-corrected chi connectivity index (χ3v) is 8.19. The van der Waals surface area contributed by atoms with Crippen LogP contribution in [0.1, 0.15) is 54.6 Å². The van der Waals surface area contributed by atoms with Crippen molar-refractivity contribution in [2.24, 2.45) is 0 Å². The van der Waals surface area contributed by atoms with Gasteiger partial charge in [0, 0.05) is 0 Å². The molecule has 0 bridgehead atoms. The molecule has 7 nitrogen and oxygen atoms in total. The van der Waals surface area contributed by atoms with Gasteiger partial charge in [-0.05, 0) is 77.9 Å². The molecule has 4 aromatic rings. The van der Waals surface area contributed by atoms with Gasteiger partial charge in [-0.3, -0.25) is 14.5 Å². The number of fused-ring (bicyclic) bond motifs is 1. The summed E-state index contributed by atoms with van der Waals surface area (Å²) in [5.41, 5.74) is 4.39. The lowest BCUT2D eigenvalue weighted by molar-refractivity contribution is -0.132. The number of hydrogen-bond donors (Lipinski definition) is 2. The van der Waals surface area contributed by atoms with Gasteiger partial charge in [0.15, 0.2) is 5.13 Å². The average molecular weight is 543 g/mol. The number of aliphatic hydroxyl groups excluding tert-OH is 1. The fraction of sp³-hybridized carbons (Fsp3) is 0.258. The van der Waals surface area contributed by atoms with Crippen molar-refractivity contribution < 1.29 is 24.5 Å². The molecular formula is C31H30N2O5S. The number of phenols is 1. The maximum atomic E-state index is 13.6. The number of aromatic nitrogens is 1. The van der Waals surface area contributed by atoms with E-state index in [-0.39, 0.29) is 22.5 Å². The molecule has 2 heterocycles. The van der Waals surface area contributed by atoms with E-state index in [1.165, 1.54) is 35.5 Å². The molecule has 5 rings (SSSR count). The van der Waals surface area contributed by atoms with Crippen molar-refractivity contribution in [1.29, 1.82) is 0 Å². The van der Waals surface area contributed by atoms with Gasteiger partial charge >= 0.3 is 5.91 Å². The molecule has 1 aromatic heterocycles. The van der Waals surface area contributed by atoms with Crippen LogP contribution in [0.5, 0.6) is 11.5 Å². The van der Waals surface area contributed by atoms with Gasteiger partial charge in [-0.15, -0.1) is 0 Å². The highest BCUT2D eigenvalue weighted by Crippen LogP contribution is 2.46. The molecule has 0 aliphatic carbocycles. The van der Waals surface area contributed by atoms with Crippen LogP contribution in [-0.4, -0.2) is 34.0 Å². The van der Waals surface area contributed by atoms with E-state index in [2.05, 4.69) is 0 Å². The fourth-order valence-corrected chi connectivity index (χ4v) is 5.85. The third kappa shape index (κ3) is 4.55. The van der Waals surface area contributed by atoms with Crippen LogP contribution in [0.15, 0.2) is 60.2 Å². The van der Waals surface area contributed by atoms with Crippen LogP contribution in [0.3, 0.4) is 0 Å². The molecule has 0 saturated carbocycles. The van der Waals surface area contributed by atoms with Crippen LogP contribution in [0, 0.1) is 13.8 Å². The van der Waals surface area contributed by atoms with Gasteiger partial charge in [-0.25, -0.2) is 4.98 Å². The van der Waals surface area contributed by atoms with Gasteiger partial charge in [0.2, 0.25) is 0 Å². The molecule has 1 saturated heterocycles. The number of hydrogen-bond acceptors (Lipinski definition) is 7. The maximum Gasteiger partial charge on any atom is 0.301 e. The summed E-state index contributed by atoms with van der Waals surface area (Å²) in [6.07, 6.45) is 0. The Bertz CT molecular complexity index is 1620. The van der Waals surface area contributed by atoms with E-state index in [0.717, 1.165) is 26.9 Å². The Morgan fingerprint density at radius 2 is 1.67 bits per heavy atom. The number of aliphatic hydroxyl groups is 1. The second-order valence-corrected chi connectivity index (χ2v) is 11.8. The Morgan fingerprint density at radius 1 is 1.00 bits per heavy atom. The van der Waals surface area contributed by atoms with Gasteiger partial charge in [0.25, 0.3) is 5.78 Å². The number of aromatic hydroxyl groups is 1. The number of amides is 1. The van der Waals surface area contributed by atoms with E-state index in [9.17, 15) is 19.8 Å². The Balaban J connectivity index is 1.76. The zero-order chi connectivity index (χ0) is 28.2. The molecular weight excluding hydrogens is 512 g/mol. The smallest absolute Gasteiger partial charge is 0.301 e. The largest absolute Gasteiger partial charge is 0.508 e. The van der Waals surface area contributed by atoms with Gasteiger partial charge in [0.1, 0.15) is 17.3 Å². The predicted octanol–water partition coefficient (Wildman–Crippen LogP) is 6.55. The number of nitrogens with zero attached hydrogens (tertiary/aromatic N) is 2. The summed E-state index contributed by atoms with van der Waals surface area (Å²) in [7, 11) is 1.49. The van der Waals surface area contributed by atoms with Gasteiger partial charge in [-0.1, -0.05) is 50.3 Å². The fourth-order valence-electron chi connectivity index (χ4n) is 4.78. The van der Waals surface area contributed by atoms with Crippen molar-refractivity contribution in [2.75, 3.05) is 12.0 Å². The van der Waals surface area contributed by atoms with Crippen molar-refractivity contribution >= 4 is 44.1 Å². The Morgan fingerprint density at radius 3 is 2.31 bits per heavy atom. The Hall–Kier alpha value is -4.17. The number of phenolic OH excluding ortho intramolecular Hbond substituents is 1. The highest BCUT2D eigenvalue weighted by atomic mass is 32.1. The monoisotopic (exact) mass is 542 g/mol. The van der Waals surface area contributed by atoms with Crippen molar-refractivity contribution in [3.05, 3.63) is 88.0 Å². The van der Waals surface area contributed by atoms with E-state index >= 15 is 0 Å². The highest BCUT2D eigenvalue weighted by molar-refractivity contribution is 7.22. The van der Waals surface area contributed by atoms with Crippen molar-refractivity contribution in [1.82, 2.24) is 4.98 Å². The molecule has 1 fully saturated rings. The molecule has 8 heteroatoms. The van der Waals surface area contributed by atoms with Crippen LogP contribution in [0.2, 0.25) is 0 Å². The number of ketones is 1. The molecule has 1 aliphatic rings. The third-order valence-electron chi connectivity index (χ3n) is 7.17. The molecule has 1 atom stereocenters. The SMILES string of the molecule is COc1ccc(C(C)(C)C)cc1/C(O)=C1\C(=O)C(=O)N(c2nc3cc(C)c(C)cc3s2)C1c1ccc(O)cc1. The second-order valence-electron chi connectivity index (χ2n) is 10.8. The quantitative estimate of drug-likeness (QED) is 0.172. The zero-order valence-electron chi connectivity index (χ0n) is 22.7. The maximum absolute atomic E-state index is 13.6. The number of carbonyl (C=O) groups is 2. The zero-order valence-corrected chi connectivity index (χ0v) is 23.5. The first-order chi connectivity index (χ1) is 18.4. The molecule has 2 N–H and O–H groups in total. The highest BCUT2D eigenvalue weighted by Gasteiger charge is 2.48. The van der Waals surface area contributed by atoms with Gasteiger partial charge in [0.05, 0.1) is 34.5 Å².